The number of aliphatic hydroxyl groups is 1. The lowest BCUT2D eigenvalue weighted by Crippen LogP contribution is -2.51. The maximum atomic E-state index is 13.7. The van der Waals surface area contributed by atoms with Crippen LogP contribution in [0.2, 0.25) is 0 Å². The van der Waals surface area contributed by atoms with Crippen molar-refractivity contribution in [1.29, 1.82) is 0 Å². The molecule has 2 aromatic rings. The second-order valence-electron chi connectivity index (χ2n) is 12.8. The fourth-order valence-corrected chi connectivity index (χ4v) is 9.13. The van der Waals surface area contributed by atoms with Crippen LogP contribution in [0.5, 0.6) is 5.75 Å². The van der Waals surface area contributed by atoms with E-state index in [0.29, 0.717) is 40.6 Å². The number of carbonyl (C=O) groups excluding carboxylic acids is 1. The predicted molar refractivity (Wildman–Crippen MR) is 130 cm³/mol. The van der Waals surface area contributed by atoms with Gasteiger partial charge in [-0.25, -0.2) is 4.68 Å². The molecule has 6 nitrogen and oxygen atoms in total. The Hall–Kier alpha value is -2.16. The Labute approximate surface area is 214 Å². The Morgan fingerprint density at radius 2 is 1.86 bits per heavy atom. The van der Waals surface area contributed by atoms with Gasteiger partial charge in [0.05, 0.1) is 11.1 Å². The lowest BCUT2D eigenvalue weighted by molar-refractivity contribution is -0.274. The molecule has 0 bridgehead atoms. The number of ether oxygens (including phenoxy) is 1. The molecular formula is C28H36F3N3O3. The van der Waals surface area contributed by atoms with Crippen molar-refractivity contribution >= 4 is 16.8 Å². The third-order valence-corrected chi connectivity index (χ3v) is 10.7. The van der Waals surface area contributed by atoms with Crippen molar-refractivity contribution in [3.05, 3.63) is 18.2 Å². The third kappa shape index (κ3) is 4.45. The number of carbonyl (C=O) groups is 1. The molecule has 202 valence electrons. The van der Waals surface area contributed by atoms with Crippen LogP contribution in [-0.4, -0.2) is 37.8 Å². The first-order valence-electron chi connectivity index (χ1n) is 13.8. The number of ketones is 1. The molecule has 6 rings (SSSR count). The minimum atomic E-state index is -4.79. The summed E-state index contributed by atoms with van der Waals surface area (Å²) in [5.74, 6) is 2.89. The molecule has 8 atom stereocenters. The van der Waals surface area contributed by atoms with Crippen molar-refractivity contribution in [3.63, 3.8) is 0 Å². The molecule has 37 heavy (non-hydrogen) atoms. The number of benzene rings is 1. The summed E-state index contributed by atoms with van der Waals surface area (Å²) in [6.07, 6.45) is 4.62. The highest BCUT2D eigenvalue weighted by Gasteiger charge is 2.58. The molecule has 9 heteroatoms. The van der Waals surface area contributed by atoms with Gasteiger partial charge in [-0.15, -0.1) is 18.3 Å². The molecule has 4 saturated carbocycles. The van der Waals surface area contributed by atoms with Crippen molar-refractivity contribution < 1.29 is 27.8 Å². The van der Waals surface area contributed by atoms with E-state index < -0.39 is 12.0 Å². The van der Waals surface area contributed by atoms with Gasteiger partial charge >= 0.3 is 6.36 Å². The van der Waals surface area contributed by atoms with E-state index in [9.17, 15) is 23.1 Å². The fraction of sp³-hybridized carbons (Fsp3) is 0.750. The molecular weight excluding hydrogens is 483 g/mol. The van der Waals surface area contributed by atoms with Crippen molar-refractivity contribution in [1.82, 2.24) is 15.0 Å². The molecule has 0 aliphatic heterocycles. The number of alkyl halides is 3. The van der Waals surface area contributed by atoms with E-state index in [1.165, 1.54) is 35.7 Å². The van der Waals surface area contributed by atoms with Gasteiger partial charge in [0.2, 0.25) is 0 Å². The van der Waals surface area contributed by atoms with Gasteiger partial charge in [-0.2, -0.15) is 0 Å². The Bertz CT molecular complexity index is 1190. The average Bonchev–Trinajstić information content (AvgIpc) is 3.37. The normalized spacial score (nSPS) is 39.6. The van der Waals surface area contributed by atoms with Crippen LogP contribution in [0.3, 0.4) is 0 Å². The Kier molecular flexibility index (Phi) is 5.90. The maximum absolute atomic E-state index is 13.7. The highest BCUT2D eigenvalue weighted by Crippen LogP contribution is 2.64. The monoisotopic (exact) mass is 519 g/mol. The van der Waals surface area contributed by atoms with Crippen molar-refractivity contribution in [3.8, 4) is 5.75 Å². The van der Waals surface area contributed by atoms with E-state index in [2.05, 4.69) is 22.0 Å². The number of aromatic nitrogens is 3. The zero-order valence-electron chi connectivity index (χ0n) is 21.5. The summed E-state index contributed by atoms with van der Waals surface area (Å²) in [5, 5.41) is 18.8. The van der Waals surface area contributed by atoms with Gasteiger partial charge in [-0.05, 0) is 112 Å². The van der Waals surface area contributed by atoms with Crippen LogP contribution in [0, 0.1) is 40.9 Å². The number of fused-ring (bicyclic) bond motifs is 6. The van der Waals surface area contributed by atoms with E-state index in [4.69, 9.17) is 0 Å². The van der Waals surface area contributed by atoms with Crippen LogP contribution in [-0.2, 0) is 11.3 Å². The van der Waals surface area contributed by atoms with Crippen LogP contribution in [0.25, 0.3) is 11.0 Å². The van der Waals surface area contributed by atoms with Gasteiger partial charge in [-0.3, -0.25) is 4.79 Å². The number of Topliss-reactive ketones (excluding diaryl/α,β-unsaturated/α-hetero) is 1. The van der Waals surface area contributed by atoms with Gasteiger partial charge < -0.3 is 9.84 Å². The van der Waals surface area contributed by atoms with Crippen molar-refractivity contribution in [2.75, 3.05) is 0 Å². The van der Waals surface area contributed by atoms with Crippen LogP contribution in [0.1, 0.15) is 71.6 Å². The smallest absolute Gasteiger partial charge is 0.406 e. The third-order valence-electron chi connectivity index (χ3n) is 10.7. The van der Waals surface area contributed by atoms with Gasteiger partial charge in [0, 0.05) is 12.0 Å². The molecule has 1 aromatic carbocycles. The molecule has 0 unspecified atom stereocenters. The van der Waals surface area contributed by atoms with E-state index in [0.717, 1.165) is 44.9 Å². The van der Waals surface area contributed by atoms with E-state index >= 15 is 0 Å². The molecule has 4 aliphatic rings. The molecule has 0 radical (unpaired) electrons. The number of hydrogen-bond acceptors (Lipinski definition) is 5. The fourth-order valence-electron chi connectivity index (χ4n) is 9.13. The molecule has 1 heterocycles. The van der Waals surface area contributed by atoms with E-state index in [1.54, 1.807) is 0 Å². The summed E-state index contributed by atoms with van der Waals surface area (Å²) in [6, 6.07) is 3.89. The first-order chi connectivity index (χ1) is 17.4. The van der Waals surface area contributed by atoms with E-state index in [-0.39, 0.29) is 29.4 Å². The quantitative estimate of drug-likeness (QED) is 0.543. The lowest BCUT2D eigenvalue weighted by Gasteiger charge is -2.56. The lowest BCUT2D eigenvalue weighted by atomic mass is 9.49. The summed E-state index contributed by atoms with van der Waals surface area (Å²) >= 11 is 0. The van der Waals surface area contributed by atoms with Gasteiger partial charge in [0.1, 0.15) is 17.8 Å². The Balaban J connectivity index is 1.18. The average molecular weight is 520 g/mol. The highest BCUT2D eigenvalue weighted by molar-refractivity contribution is 5.84. The predicted octanol–water partition coefficient (Wildman–Crippen LogP) is 5.92. The SMILES string of the molecule is C[C@@]1(O)CC[C@H]2[C@H](CC[C@@H]3[C@@H]2CC[C@]2(C)[C@@H](C(=O)Cn4nnc5ccc(OC(F)(F)F)cc54)CC[C@@H]32)C1. The highest BCUT2D eigenvalue weighted by atomic mass is 19.4. The van der Waals surface area contributed by atoms with Crippen LogP contribution < -0.4 is 4.74 Å². The van der Waals surface area contributed by atoms with Crippen LogP contribution >= 0.6 is 0 Å². The Morgan fingerprint density at radius 3 is 2.65 bits per heavy atom. The molecule has 4 fully saturated rings. The van der Waals surface area contributed by atoms with Crippen molar-refractivity contribution in [2.45, 2.75) is 90.1 Å². The van der Waals surface area contributed by atoms with E-state index in [1.807, 2.05) is 6.92 Å². The number of hydrogen-bond donors (Lipinski definition) is 1. The largest absolute Gasteiger partial charge is 0.573 e. The summed E-state index contributed by atoms with van der Waals surface area (Å²) in [6.45, 7) is 4.30. The topological polar surface area (TPSA) is 77.2 Å². The zero-order valence-corrected chi connectivity index (χ0v) is 21.5. The molecule has 0 amide bonds. The number of halogens is 3. The molecule has 1 N–H and O–H groups in total. The summed E-state index contributed by atoms with van der Waals surface area (Å²) in [5.41, 5.74) is 0.228. The summed E-state index contributed by atoms with van der Waals surface area (Å²) in [7, 11) is 0. The first kappa shape index (κ1) is 25.1. The number of nitrogens with zero attached hydrogens (tertiary/aromatic N) is 3. The van der Waals surface area contributed by atoms with Gasteiger partial charge in [-0.1, -0.05) is 12.1 Å². The minimum Gasteiger partial charge on any atom is -0.406 e. The second kappa shape index (κ2) is 8.68. The first-order valence-corrected chi connectivity index (χ1v) is 13.8. The second-order valence-corrected chi connectivity index (χ2v) is 12.8. The summed E-state index contributed by atoms with van der Waals surface area (Å²) < 4.78 is 43.6. The minimum absolute atomic E-state index is 0.00677. The molecule has 4 aliphatic carbocycles. The van der Waals surface area contributed by atoms with Crippen LogP contribution in [0.15, 0.2) is 18.2 Å². The number of rotatable bonds is 4. The standard InChI is InChI=1S/C28H36F3N3O3/c1-26(36)11-9-18-16(14-26)3-5-20-19(18)10-12-27(2)21(20)6-7-22(27)25(35)15-34-24-13-17(37-28(29,30)31)4-8-23(24)32-33-34/h4,8,13,16,18-22,36H,3,5-7,9-12,14-15H2,1-2H3/t16-,18+,19-,20-,21+,22-,26-,27+/m1/s1. The molecule has 1 aromatic heterocycles. The molecule has 0 spiro atoms. The van der Waals surface area contributed by atoms with Gasteiger partial charge in [0.25, 0.3) is 0 Å². The molecule has 0 saturated heterocycles. The van der Waals surface area contributed by atoms with Crippen LogP contribution in [0.4, 0.5) is 13.2 Å². The van der Waals surface area contributed by atoms with Gasteiger partial charge in [0.15, 0.2) is 5.78 Å². The van der Waals surface area contributed by atoms with Crippen molar-refractivity contribution in [2.24, 2.45) is 40.9 Å². The summed E-state index contributed by atoms with van der Waals surface area (Å²) in [4.78, 5) is 13.7. The maximum Gasteiger partial charge on any atom is 0.573 e. The zero-order chi connectivity index (χ0) is 26.2. The Morgan fingerprint density at radius 1 is 1.08 bits per heavy atom.